The van der Waals surface area contributed by atoms with Crippen molar-refractivity contribution in [2.75, 3.05) is 26.9 Å². The minimum Gasteiger partial charge on any atom is -0.495 e. The molecule has 0 heterocycles. The molecule has 0 fully saturated rings. The summed E-state index contributed by atoms with van der Waals surface area (Å²) in [5.41, 5.74) is 0.144. The molecule has 1 aromatic rings. The third-order valence-electron chi connectivity index (χ3n) is 2.77. The maximum atomic E-state index is 12.9. The van der Waals surface area contributed by atoms with Crippen molar-refractivity contribution in [3.8, 4) is 5.75 Å². The summed E-state index contributed by atoms with van der Waals surface area (Å²) in [6.45, 7) is 1.46. The van der Waals surface area contributed by atoms with Gasteiger partial charge in [-0.1, -0.05) is 17.7 Å². The van der Waals surface area contributed by atoms with Crippen LogP contribution in [-0.4, -0.2) is 33.1 Å². The zero-order valence-electron chi connectivity index (χ0n) is 13.4. The summed E-state index contributed by atoms with van der Waals surface area (Å²) in [5.74, 6) is -1.36. The molecule has 1 rings (SSSR count). The van der Waals surface area contributed by atoms with Crippen LogP contribution < -0.4 is 4.74 Å². The molecule has 0 aliphatic rings. The Kier molecular flexibility index (Phi) is 8.02. The molecular formula is C14H19ClF3O5P. The molecule has 0 aliphatic heterocycles. The van der Waals surface area contributed by atoms with Crippen LogP contribution in [0.4, 0.5) is 13.2 Å². The first-order chi connectivity index (χ1) is 11.2. The van der Waals surface area contributed by atoms with Gasteiger partial charge in [-0.25, -0.2) is 0 Å². The number of halogens is 4. The zero-order valence-corrected chi connectivity index (χ0v) is 15.1. The van der Waals surface area contributed by atoms with E-state index in [0.717, 1.165) is 0 Å². The Bertz CT molecular complexity index is 572. The zero-order chi connectivity index (χ0) is 18.4. The monoisotopic (exact) mass is 390 g/mol. The van der Waals surface area contributed by atoms with E-state index < -0.39 is 26.2 Å². The summed E-state index contributed by atoms with van der Waals surface area (Å²) in [6, 6.07) is 4.13. The summed E-state index contributed by atoms with van der Waals surface area (Å²) < 4.78 is 70.7. The first-order valence-electron chi connectivity index (χ1n) is 7.07. The molecule has 0 N–H and O–H groups in total. The highest BCUT2D eigenvalue weighted by molar-refractivity contribution is 7.54. The largest absolute Gasteiger partial charge is 0.495 e. The van der Waals surface area contributed by atoms with Gasteiger partial charge in [0.2, 0.25) is 0 Å². The Morgan fingerprint density at radius 3 is 2.25 bits per heavy atom. The Hall–Kier alpha value is -0.790. The van der Waals surface area contributed by atoms with Crippen LogP contribution in [0.5, 0.6) is 5.75 Å². The quantitative estimate of drug-likeness (QED) is 0.543. The molecule has 0 aromatic heterocycles. The van der Waals surface area contributed by atoms with Gasteiger partial charge in [0.1, 0.15) is 12.4 Å². The average molecular weight is 391 g/mol. The van der Waals surface area contributed by atoms with Gasteiger partial charge in [-0.2, -0.15) is 13.2 Å². The first-order valence-corrected chi connectivity index (χ1v) is 9.06. The van der Waals surface area contributed by atoms with Crippen LogP contribution in [0, 0.1) is 0 Å². The third-order valence-corrected chi connectivity index (χ3v) is 5.34. The lowest BCUT2D eigenvalue weighted by molar-refractivity contribution is -0.180. The summed E-state index contributed by atoms with van der Waals surface area (Å²) in [5, 5.41) is 0.249. The molecule has 138 valence electrons. The lowest BCUT2D eigenvalue weighted by Crippen LogP contribution is -2.21. The molecule has 0 saturated carbocycles. The van der Waals surface area contributed by atoms with Crippen molar-refractivity contribution in [2.45, 2.75) is 25.9 Å². The van der Waals surface area contributed by atoms with Gasteiger partial charge in [0.25, 0.3) is 0 Å². The first kappa shape index (κ1) is 21.3. The van der Waals surface area contributed by atoms with Gasteiger partial charge in [0.05, 0.1) is 25.3 Å². The molecule has 10 heteroatoms. The summed E-state index contributed by atoms with van der Waals surface area (Å²) in [7, 11) is -2.66. The van der Waals surface area contributed by atoms with Crippen molar-refractivity contribution in [3.05, 3.63) is 28.8 Å². The number of methoxy groups -OCH3 is 1. The highest BCUT2D eigenvalue weighted by Crippen LogP contribution is 2.62. The summed E-state index contributed by atoms with van der Waals surface area (Å²) in [6.07, 6.45) is -4.60. The Morgan fingerprint density at radius 1 is 1.21 bits per heavy atom. The average Bonchev–Trinajstić information content (AvgIpc) is 2.48. The fraction of sp³-hybridized carbons (Fsp3) is 0.571. The second kappa shape index (κ2) is 9.06. The van der Waals surface area contributed by atoms with Crippen LogP contribution in [0.3, 0.4) is 0 Å². The van der Waals surface area contributed by atoms with Gasteiger partial charge in [0.15, 0.2) is 5.85 Å². The number of ether oxygens (including phenoxy) is 2. The third kappa shape index (κ3) is 5.93. The van der Waals surface area contributed by atoms with Gasteiger partial charge in [0, 0.05) is 0 Å². The molecule has 0 amide bonds. The molecule has 0 aliphatic carbocycles. The number of hydrogen-bond acceptors (Lipinski definition) is 5. The maximum absolute atomic E-state index is 12.9. The molecule has 24 heavy (non-hydrogen) atoms. The topological polar surface area (TPSA) is 54.0 Å². The predicted molar refractivity (Wildman–Crippen MR) is 83.6 cm³/mol. The van der Waals surface area contributed by atoms with Crippen LogP contribution >= 0.6 is 19.2 Å². The Balaban J connectivity index is 3.28. The van der Waals surface area contributed by atoms with E-state index in [9.17, 15) is 17.7 Å². The minimum absolute atomic E-state index is 0.0200. The van der Waals surface area contributed by atoms with Crippen LogP contribution in [0.25, 0.3) is 0 Å². The van der Waals surface area contributed by atoms with Crippen molar-refractivity contribution >= 4 is 19.2 Å². The molecule has 0 radical (unpaired) electrons. The van der Waals surface area contributed by atoms with E-state index in [-0.39, 0.29) is 29.5 Å². The molecule has 5 nitrogen and oxygen atoms in total. The molecule has 0 saturated heterocycles. The minimum atomic E-state index is -4.60. The van der Waals surface area contributed by atoms with Crippen LogP contribution in [0.2, 0.25) is 5.02 Å². The molecule has 1 unspecified atom stereocenters. The van der Waals surface area contributed by atoms with Crippen molar-refractivity contribution in [1.29, 1.82) is 0 Å². The SMILES string of the molecule is CCOP(=O)(OCC)C(OCC(F)(F)F)c1ccc(Cl)c(OC)c1. The normalized spacial score (nSPS) is 13.8. The highest BCUT2D eigenvalue weighted by atomic mass is 35.5. The molecule has 0 spiro atoms. The fourth-order valence-electron chi connectivity index (χ4n) is 1.91. The van der Waals surface area contributed by atoms with Crippen molar-refractivity contribution in [2.24, 2.45) is 0 Å². The van der Waals surface area contributed by atoms with E-state index in [2.05, 4.69) is 0 Å². The maximum Gasteiger partial charge on any atom is 0.411 e. The fourth-order valence-corrected chi connectivity index (χ4v) is 3.95. The van der Waals surface area contributed by atoms with Gasteiger partial charge >= 0.3 is 13.8 Å². The number of rotatable bonds is 9. The standard InChI is InChI=1S/C14H19ClF3O5P/c1-4-22-24(19,23-5-2)13(21-9-14(16,17)18)10-6-7-11(15)12(8-10)20-3/h6-8,13H,4-5,9H2,1-3H3. The predicted octanol–water partition coefficient (Wildman–Crippen LogP) is 5.19. The highest BCUT2D eigenvalue weighted by Gasteiger charge is 2.41. The van der Waals surface area contributed by atoms with E-state index in [1.807, 2.05) is 0 Å². The van der Waals surface area contributed by atoms with E-state index in [1.165, 1.54) is 25.3 Å². The smallest absolute Gasteiger partial charge is 0.411 e. The number of alkyl halides is 3. The van der Waals surface area contributed by atoms with Gasteiger partial charge in [-0.05, 0) is 31.5 Å². The van der Waals surface area contributed by atoms with Crippen LogP contribution in [0.15, 0.2) is 18.2 Å². The van der Waals surface area contributed by atoms with Gasteiger partial charge in [-0.15, -0.1) is 0 Å². The lowest BCUT2D eigenvalue weighted by atomic mass is 10.2. The molecule has 1 aromatic carbocycles. The summed E-state index contributed by atoms with van der Waals surface area (Å²) >= 11 is 5.91. The van der Waals surface area contributed by atoms with E-state index in [0.29, 0.717) is 0 Å². The Labute approximate surface area is 143 Å². The van der Waals surface area contributed by atoms with E-state index in [1.54, 1.807) is 13.8 Å². The molecule has 0 bridgehead atoms. The van der Waals surface area contributed by atoms with Crippen LogP contribution in [0.1, 0.15) is 25.3 Å². The van der Waals surface area contributed by atoms with Crippen molar-refractivity contribution in [1.82, 2.24) is 0 Å². The van der Waals surface area contributed by atoms with Crippen molar-refractivity contribution < 1.29 is 36.3 Å². The number of benzene rings is 1. The van der Waals surface area contributed by atoms with Gasteiger partial charge in [-0.3, -0.25) is 4.57 Å². The summed E-state index contributed by atoms with van der Waals surface area (Å²) in [4.78, 5) is 0. The lowest BCUT2D eigenvalue weighted by Gasteiger charge is -2.27. The number of hydrogen-bond donors (Lipinski definition) is 0. The Morgan fingerprint density at radius 2 is 1.79 bits per heavy atom. The molecular weight excluding hydrogens is 372 g/mol. The van der Waals surface area contributed by atoms with Crippen LogP contribution in [-0.2, 0) is 18.3 Å². The molecule has 1 atom stereocenters. The van der Waals surface area contributed by atoms with Crippen molar-refractivity contribution in [3.63, 3.8) is 0 Å². The van der Waals surface area contributed by atoms with E-state index >= 15 is 0 Å². The second-order valence-corrected chi connectivity index (χ2v) is 7.02. The van der Waals surface area contributed by atoms with Gasteiger partial charge < -0.3 is 18.5 Å². The second-order valence-electron chi connectivity index (χ2n) is 4.55. The van der Waals surface area contributed by atoms with E-state index in [4.69, 9.17) is 30.1 Å².